The molecule has 1 aromatic rings. The summed E-state index contributed by atoms with van der Waals surface area (Å²) in [5, 5.41) is 10.6. The van der Waals surface area contributed by atoms with E-state index in [1.807, 2.05) is 0 Å². The van der Waals surface area contributed by atoms with Gasteiger partial charge in [-0.15, -0.1) is 0 Å². The van der Waals surface area contributed by atoms with E-state index in [-0.39, 0.29) is 11.5 Å². The van der Waals surface area contributed by atoms with E-state index in [4.69, 9.17) is 0 Å². The van der Waals surface area contributed by atoms with E-state index in [9.17, 15) is 5.11 Å². The van der Waals surface area contributed by atoms with E-state index in [1.165, 1.54) is 37.7 Å². The van der Waals surface area contributed by atoms with Crippen molar-refractivity contribution in [3.8, 4) is 0 Å². The van der Waals surface area contributed by atoms with Crippen LogP contribution in [0.5, 0.6) is 0 Å². The Morgan fingerprint density at radius 3 is 3.05 bits per heavy atom. The first-order valence-corrected chi connectivity index (χ1v) is 8.43. The second-order valence-corrected chi connectivity index (χ2v) is 7.26. The van der Waals surface area contributed by atoms with Crippen LogP contribution in [-0.2, 0) is 6.42 Å². The fourth-order valence-electron chi connectivity index (χ4n) is 5.91. The zero-order valence-electron chi connectivity index (χ0n) is 12.4. The molecule has 2 saturated carbocycles. The molecule has 2 fully saturated rings. The Labute approximate surface area is 122 Å². The first-order chi connectivity index (χ1) is 9.76. The third-order valence-corrected chi connectivity index (χ3v) is 6.90. The molecule has 4 rings (SSSR count). The van der Waals surface area contributed by atoms with Crippen molar-refractivity contribution in [3.63, 3.8) is 0 Å². The molecule has 1 nitrogen and oxygen atoms in total. The van der Waals surface area contributed by atoms with Gasteiger partial charge in [-0.25, -0.2) is 0 Å². The van der Waals surface area contributed by atoms with E-state index in [0.29, 0.717) is 0 Å². The second-order valence-electron chi connectivity index (χ2n) is 7.26. The molecule has 0 aliphatic heterocycles. The van der Waals surface area contributed by atoms with Gasteiger partial charge in [-0.2, -0.15) is 0 Å². The maximum atomic E-state index is 10.6. The zero-order chi connectivity index (χ0) is 13.7. The minimum absolute atomic E-state index is 0.0380. The van der Waals surface area contributed by atoms with Crippen LogP contribution < -0.4 is 0 Å². The largest absolute Gasteiger partial charge is 0.393 e. The minimum atomic E-state index is -0.0380. The Balaban J connectivity index is 1.72. The summed E-state index contributed by atoms with van der Waals surface area (Å²) in [7, 11) is 0. The molecule has 0 spiro atoms. The van der Waals surface area contributed by atoms with Gasteiger partial charge in [0, 0.05) is 0 Å². The summed E-state index contributed by atoms with van der Waals surface area (Å²) in [4.78, 5) is 0. The highest BCUT2D eigenvalue weighted by molar-refractivity contribution is 5.34. The summed E-state index contributed by atoms with van der Waals surface area (Å²) in [5.41, 5.74) is 3.39. The van der Waals surface area contributed by atoms with Crippen LogP contribution in [0.4, 0.5) is 0 Å². The van der Waals surface area contributed by atoms with Crippen LogP contribution in [0.15, 0.2) is 18.2 Å². The normalized spacial score (nSPS) is 42.7. The van der Waals surface area contributed by atoms with Gasteiger partial charge in [0.2, 0.25) is 0 Å². The molecule has 1 aromatic carbocycles. The van der Waals surface area contributed by atoms with Gasteiger partial charge in [-0.1, -0.05) is 25.1 Å². The summed E-state index contributed by atoms with van der Waals surface area (Å²) in [6.07, 6.45) is 8.48. The second kappa shape index (κ2) is 4.59. The minimum Gasteiger partial charge on any atom is -0.393 e. The van der Waals surface area contributed by atoms with Crippen molar-refractivity contribution in [1.29, 1.82) is 0 Å². The third-order valence-electron chi connectivity index (χ3n) is 6.90. The van der Waals surface area contributed by atoms with Gasteiger partial charge in [0.15, 0.2) is 0 Å². The number of aliphatic hydroxyl groups excluding tert-OH is 1. The molecule has 0 heterocycles. The third kappa shape index (κ3) is 1.59. The molecule has 5 atom stereocenters. The zero-order valence-corrected chi connectivity index (χ0v) is 12.4. The fraction of sp³-hybridized carbons (Fsp3) is 0.684. The van der Waals surface area contributed by atoms with Crippen molar-refractivity contribution >= 4 is 0 Å². The molecule has 107 valence electrons. The van der Waals surface area contributed by atoms with Crippen LogP contribution in [-0.4, -0.2) is 11.2 Å². The molecule has 0 amide bonds. The van der Waals surface area contributed by atoms with Crippen molar-refractivity contribution in [2.75, 3.05) is 0 Å². The highest BCUT2D eigenvalue weighted by atomic mass is 16.3. The lowest BCUT2D eigenvalue weighted by atomic mass is 9.54. The van der Waals surface area contributed by atoms with Crippen molar-refractivity contribution in [2.24, 2.45) is 17.3 Å². The number of rotatable bonds is 1. The Bertz CT molecular complexity index is 508. The SMILES string of the molecule is CC[C@]12CC[C@@H]3c4cc[c]cc4CC[C@H]3[C@@H]1CC[C@@H]2O. The predicted octanol–water partition coefficient (Wildman–Crippen LogP) is 4.09. The van der Waals surface area contributed by atoms with Gasteiger partial charge >= 0.3 is 0 Å². The van der Waals surface area contributed by atoms with E-state index >= 15 is 0 Å². The van der Waals surface area contributed by atoms with Crippen LogP contribution in [0, 0.1) is 23.3 Å². The first-order valence-electron chi connectivity index (χ1n) is 8.43. The summed E-state index contributed by atoms with van der Waals surface area (Å²) in [6, 6.07) is 9.86. The van der Waals surface area contributed by atoms with Gasteiger partial charge in [-0.05, 0) is 85.3 Å². The van der Waals surface area contributed by atoms with Crippen LogP contribution in [0.25, 0.3) is 0 Å². The van der Waals surface area contributed by atoms with Crippen molar-refractivity contribution in [3.05, 3.63) is 35.4 Å². The molecule has 0 saturated heterocycles. The van der Waals surface area contributed by atoms with E-state index in [1.54, 1.807) is 5.56 Å². The standard InChI is InChI=1S/C19H25O/c1-2-19-12-11-15-14-6-4-3-5-13(14)7-8-16(15)17(19)9-10-18(19)20/h4-6,15-18,20H,2,7-12H2,1H3/t15-,16-,17+,18+,19+/m1/s1. The quantitative estimate of drug-likeness (QED) is 0.814. The number of aliphatic hydroxyl groups is 1. The molecule has 1 radical (unpaired) electrons. The monoisotopic (exact) mass is 269 g/mol. The van der Waals surface area contributed by atoms with Crippen molar-refractivity contribution in [2.45, 2.75) is 63.9 Å². The predicted molar refractivity (Wildman–Crippen MR) is 80.5 cm³/mol. The summed E-state index contributed by atoms with van der Waals surface area (Å²) in [5.74, 6) is 2.33. The molecule has 3 aliphatic carbocycles. The number of fused-ring (bicyclic) bond motifs is 5. The van der Waals surface area contributed by atoms with Crippen molar-refractivity contribution in [1.82, 2.24) is 0 Å². The summed E-state index contributed by atoms with van der Waals surface area (Å²) in [6.45, 7) is 2.30. The first kappa shape index (κ1) is 12.9. The molecule has 20 heavy (non-hydrogen) atoms. The fourth-order valence-corrected chi connectivity index (χ4v) is 5.91. The maximum Gasteiger partial charge on any atom is 0.0599 e. The molecule has 3 aliphatic rings. The number of benzene rings is 1. The molecular formula is C19H25O. The maximum absolute atomic E-state index is 10.6. The average molecular weight is 269 g/mol. The van der Waals surface area contributed by atoms with Gasteiger partial charge in [0.1, 0.15) is 0 Å². The number of hydrogen-bond donors (Lipinski definition) is 1. The van der Waals surface area contributed by atoms with Crippen molar-refractivity contribution < 1.29 is 5.11 Å². The Kier molecular flexibility index (Phi) is 2.96. The molecule has 1 heteroatoms. The van der Waals surface area contributed by atoms with Gasteiger partial charge in [0.25, 0.3) is 0 Å². The average Bonchev–Trinajstić information content (AvgIpc) is 2.85. The molecule has 1 N–H and O–H groups in total. The van der Waals surface area contributed by atoms with E-state index < -0.39 is 0 Å². The van der Waals surface area contributed by atoms with Gasteiger partial charge in [0.05, 0.1) is 6.10 Å². The van der Waals surface area contributed by atoms with Crippen LogP contribution in [0.2, 0.25) is 0 Å². The lowest BCUT2D eigenvalue weighted by Crippen LogP contribution is -2.45. The number of hydrogen-bond acceptors (Lipinski definition) is 1. The number of aryl methyl sites for hydroxylation is 1. The summed E-state index contributed by atoms with van der Waals surface area (Å²) < 4.78 is 0. The highest BCUT2D eigenvalue weighted by Crippen LogP contribution is 2.62. The molecular weight excluding hydrogens is 244 g/mol. The highest BCUT2D eigenvalue weighted by Gasteiger charge is 2.55. The Morgan fingerprint density at radius 1 is 1.30 bits per heavy atom. The summed E-state index contributed by atoms with van der Waals surface area (Å²) >= 11 is 0. The Hall–Kier alpha value is -0.820. The molecule has 0 bridgehead atoms. The van der Waals surface area contributed by atoms with Crippen LogP contribution >= 0.6 is 0 Å². The van der Waals surface area contributed by atoms with Gasteiger partial charge in [-0.3, -0.25) is 0 Å². The van der Waals surface area contributed by atoms with E-state index in [2.05, 4.69) is 31.2 Å². The smallest absolute Gasteiger partial charge is 0.0599 e. The topological polar surface area (TPSA) is 20.2 Å². The molecule has 0 unspecified atom stereocenters. The van der Waals surface area contributed by atoms with E-state index in [0.717, 1.165) is 30.6 Å². The Morgan fingerprint density at radius 2 is 2.20 bits per heavy atom. The van der Waals surface area contributed by atoms with Crippen LogP contribution in [0.3, 0.4) is 0 Å². The van der Waals surface area contributed by atoms with Crippen LogP contribution in [0.1, 0.15) is 62.5 Å². The lowest BCUT2D eigenvalue weighted by Gasteiger charge is -2.51. The lowest BCUT2D eigenvalue weighted by molar-refractivity contribution is -0.0394. The molecule has 0 aromatic heterocycles. The van der Waals surface area contributed by atoms with Gasteiger partial charge < -0.3 is 5.11 Å².